The van der Waals surface area contributed by atoms with Gasteiger partial charge in [-0.25, -0.2) is 0 Å². The Morgan fingerprint density at radius 2 is 2.19 bits per heavy atom. The third kappa shape index (κ3) is 2.94. The number of furan rings is 1. The molecule has 0 aromatic carbocycles. The Morgan fingerprint density at radius 3 is 2.86 bits per heavy atom. The van der Waals surface area contributed by atoms with Gasteiger partial charge < -0.3 is 19.0 Å². The molecule has 1 aromatic rings. The molecule has 0 bridgehead atoms. The molecular formula is C14H18N2O4S. The van der Waals surface area contributed by atoms with Crippen LogP contribution in [0, 0.1) is 0 Å². The molecular weight excluding hydrogens is 292 g/mol. The van der Waals surface area contributed by atoms with Crippen LogP contribution in [0.15, 0.2) is 22.8 Å². The number of amides is 2. The van der Waals surface area contributed by atoms with Crippen molar-refractivity contribution in [3.8, 4) is 0 Å². The molecule has 2 aliphatic heterocycles. The first-order valence-electron chi connectivity index (χ1n) is 7.01. The van der Waals surface area contributed by atoms with Crippen LogP contribution in [0.2, 0.25) is 0 Å². The van der Waals surface area contributed by atoms with Gasteiger partial charge >= 0.3 is 0 Å². The molecule has 2 amide bonds. The first-order chi connectivity index (χ1) is 10.2. The molecule has 2 saturated heterocycles. The van der Waals surface area contributed by atoms with Crippen LogP contribution in [0.3, 0.4) is 0 Å². The fourth-order valence-corrected chi connectivity index (χ4v) is 3.78. The Bertz CT molecular complexity index is 513. The van der Waals surface area contributed by atoms with Crippen molar-refractivity contribution < 1.29 is 18.7 Å². The second-order valence-electron chi connectivity index (χ2n) is 5.11. The molecule has 0 aliphatic carbocycles. The van der Waals surface area contributed by atoms with Crippen LogP contribution >= 0.6 is 11.8 Å². The Hall–Kier alpha value is -1.47. The minimum absolute atomic E-state index is 0.0111. The molecule has 3 heterocycles. The molecule has 114 valence electrons. The lowest BCUT2D eigenvalue weighted by molar-refractivity contribution is -0.142. The lowest BCUT2D eigenvalue weighted by Crippen LogP contribution is -2.46. The van der Waals surface area contributed by atoms with Gasteiger partial charge in [-0.3, -0.25) is 9.59 Å². The number of carbonyl (C=O) groups excluding carboxylic acids is 2. The van der Waals surface area contributed by atoms with Gasteiger partial charge in [0, 0.05) is 13.1 Å². The Balaban J connectivity index is 1.71. The fraction of sp³-hybridized carbons (Fsp3) is 0.571. The second-order valence-corrected chi connectivity index (χ2v) is 6.53. The zero-order valence-electron chi connectivity index (χ0n) is 11.9. The van der Waals surface area contributed by atoms with Crippen molar-refractivity contribution in [3.63, 3.8) is 0 Å². The molecule has 2 atom stereocenters. The summed E-state index contributed by atoms with van der Waals surface area (Å²) in [6, 6.07) is 3.64. The number of hydrogen-bond acceptors (Lipinski definition) is 5. The summed E-state index contributed by atoms with van der Waals surface area (Å²) >= 11 is 1.52. The summed E-state index contributed by atoms with van der Waals surface area (Å²) in [5.74, 6) is 0.674. The highest BCUT2D eigenvalue weighted by molar-refractivity contribution is 8.01. The van der Waals surface area contributed by atoms with Crippen molar-refractivity contribution in [2.75, 3.05) is 32.8 Å². The number of hydrogen-bond donors (Lipinski definition) is 0. The van der Waals surface area contributed by atoms with Gasteiger partial charge in [0.2, 0.25) is 11.8 Å². The Labute approximate surface area is 127 Å². The molecule has 2 aliphatic rings. The van der Waals surface area contributed by atoms with Crippen LogP contribution in [0.1, 0.15) is 18.1 Å². The minimum atomic E-state index is -0.215. The van der Waals surface area contributed by atoms with E-state index >= 15 is 0 Å². The maximum Gasteiger partial charge on any atom is 0.242 e. The largest absolute Gasteiger partial charge is 0.466 e. The van der Waals surface area contributed by atoms with E-state index in [1.165, 1.54) is 11.8 Å². The van der Waals surface area contributed by atoms with E-state index in [0.29, 0.717) is 32.1 Å². The van der Waals surface area contributed by atoms with Crippen molar-refractivity contribution in [1.29, 1.82) is 0 Å². The quantitative estimate of drug-likeness (QED) is 0.836. The average Bonchev–Trinajstić information content (AvgIpc) is 3.12. The van der Waals surface area contributed by atoms with Crippen molar-refractivity contribution in [1.82, 2.24) is 9.80 Å². The standard InChI is InChI=1S/C14H18N2O4S/c1-10-13(18)16(14(21-10)11-3-2-6-20-11)9-12(17)15-4-7-19-8-5-15/h2-3,6,10,14H,4-5,7-9H2,1H3. The number of carbonyl (C=O) groups is 2. The molecule has 21 heavy (non-hydrogen) atoms. The monoisotopic (exact) mass is 310 g/mol. The minimum Gasteiger partial charge on any atom is -0.466 e. The molecule has 0 N–H and O–H groups in total. The molecule has 0 radical (unpaired) electrons. The van der Waals surface area contributed by atoms with Gasteiger partial charge in [0.15, 0.2) is 0 Å². The molecule has 6 nitrogen and oxygen atoms in total. The predicted octanol–water partition coefficient (Wildman–Crippen LogP) is 1.10. The smallest absolute Gasteiger partial charge is 0.242 e. The van der Waals surface area contributed by atoms with Crippen LogP contribution in [0.25, 0.3) is 0 Å². The Morgan fingerprint density at radius 1 is 1.43 bits per heavy atom. The van der Waals surface area contributed by atoms with Crippen LogP contribution in [-0.4, -0.2) is 59.7 Å². The van der Waals surface area contributed by atoms with Gasteiger partial charge in [0.25, 0.3) is 0 Å². The van der Waals surface area contributed by atoms with E-state index < -0.39 is 0 Å². The summed E-state index contributed by atoms with van der Waals surface area (Å²) in [6.07, 6.45) is 1.59. The summed E-state index contributed by atoms with van der Waals surface area (Å²) in [7, 11) is 0. The van der Waals surface area contributed by atoms with Crippen molar-refractivity contribution >= 4 is 23.6 Å². The molecule has 3 rings (SSSR count). The van der Waals surface area contributed by atoms with Gasteiger partial charge in [-0.2, -0.15) is 0 Å². The van der Waals surface area contributed by atoms with Crippen molar-refractivity contribution in [2.24, 2.45) is 0 Å². The average molecular weight is 310 g/mol. The van der Waals surface area contributed by atoms with Crippen molar-refractivity contribution in [3.05, 3.63) is 24.2 Å². The SMILES string of the molecule is CC1SC(c2ccco2)N(CC(=O)N2CCOCC2)C1=O. The van der Waals surface area contributed by atoms with E-state index in [1.807, 2.05) is 13.0 Å². The zero-order chi connectivity index (χ0) is 14.8. The van der Waals surface area contributed by atoms with Gasteiger partial charge in [-0.1, -0.05) is 0 Å². The first kappa shape index (κ1) is 14.5. The molecule has 0 saturated carbocycles. The lowest BCUT2D eigenvalue weighted by Gasteiger charge is -2.30. The van der Waals surface area contributed by atoms with Crippen LogP contribution in [0.5, 0.6) is 0 Å². The lowest BCUT2D eigenvalue weighted by atomic mass is 10.3. The van der Waals surface area contributed by atoms with Crippen LogP contribution < -0.4 is 0 Å². The summed E-state index contributed by atoms with van der Waals surface area (Å²) in [5.41, 5.74) is 0. The number of rotatable bonds is 3. The first-order valence-corrected chi connectivity index (χ1v) is 7.96. The van der Waals surface area contributed by atoms with Gasteiger partial charge in [0.1, 0.15) is 17.7 Å². The maximum absolute atomic E-state index is 12.4. The van der Waals surface area contributed by atoms with Crippen LogP contribution in [-0.2, 0) is 14.3 Å². The number of thioether (sulfide) groups is 1. The van der Waals surface area contributed by atoms with E-state index in [0.717, 1.165) is 0 Å². The molecule has 2 fully saturated rings. The highest BCUT2D eigenvalue weighted by Gasteiger charge is 2.41. The highest BCUT2D eigenvalue weighted by atomic mass is 32.2. The number of ether oxygens (including phenoxy) is 1. The number of nitrogens with zero attached hydrogens (tertiary/aromatic N) is 2. The van der Waals surface area contributed by atoms with Crippen molar-refractivity contribution in [2.45, 2.75) is 17.5 Å². The Kier molecular flexibility index (Phi) is 4.21. The number of morpholine rings is 1. The summed E-state index contributed by atoms with van der Waals surface area (Å²) in [4.78, 5) is 28.0. The topological polar surface area (TPSA) is 63.0 Å². The molecule has 0 spiro atoms. The fourth-order valence-electron chi connectivity index (χ4n) is 2.55. The summed E-state index contributed by atoms with van der Waals surface area (Å²) < 4.78 is 10.7. The van der Waals surface area contributed by atoms with Gasteiger partial charge in [-0.15, -0.1) is 11.8 Å². The van der Waals surface area contributed by atoms with E-state index in [2.05, 4.69) is 0 Å². The van der Waals surface area contributed by atoms with Gasteiger partial charge in [-0.05, 0) is 19.1 Å². The third-order valence-electron chi connectivity index (χ3n) is 3.70. The highest BCUT2D eigenvalue weighted by Crippen LogP contribution is 2.42. The maximum atomic E-state index is 12.4. The van der Waals surface area contributed by atoms with Crippen LogP contribution in [0.4, 0.5) is 0 Å². The van der Waals surface area contributed by atoms with E-state index in [-0.39, 0.29) is 29.0 Å². The second kappa shape index (κ2) is 6.11. The third-order valence-corrected chi connectivity index (χ3v) is 5.06. The van der Waals surface area contributed by atoms with E-state index in [1.54, 1.807) is 22.1 Å². The zero-order valence-corrected chi connectivity index (χ0v) is 12.7. The van der Waals surface area contributed by atoms with E-state index in [4.69, 9.17) is 9.15 Å². The van der Waals surface area contributed by atoms with E-state index in [9.17, 15) is 9.59 Å². The normalized spacial score (nSPS) is 26.4. The summed E-state index contributed by atoms with van der Waals surface area (Å²) in [6.45, 7) is 4.27. The molecule has 7 heteroatoms. The molecule has 1 aromatic heterocycles. The molecule has 2 unspecified atom stereocenters. The van der Waals surface area contributed by atoms with Gasteiger partial charge in [0.05, 0.1) is 24.7 Å². The predicted molar refractivity (Wildman–Crippen MR) is 77.6 cm³/mol. The summed E-state index contributed by atoms with van der Waals surface area (Å²) in [5, 5.41) is -0.370.